The molecule has 1 aliphatic rings. The van der Waals surface area contributed by atoms with E-state index >= 15 is 0 Å². The minimum absolute atomic E-state index is 0.0733. The standard InChI is InChI=1S/C27H31N3O4S/c1-34-26(33)21-12-13-22-23(18-21)28-27(30(25(22)32)17-14-20-10-6-5-7-11-20)35-19-24(31)29-15-8-3-2-4-9-16-29/h5-7,10-13,18H,2-4,8-9,14-17,19H2,1H3. The number of ether oxygens (including phenoxy) is 1. The van der Waals surface area contributed by atoms with Crippen molar-refractivity contribution in [2.45, 2.75) is 50.2 Å². The summed E-state index contributed by atoms with van der Waals surface area (Å²) in [6.07, 6.45) is 6.28. The minimum Gasteiger partial charge on any atom is -0.465 e. The molecule has 1 saturated heterocycles. The van der Waals surface area contributed by atoms with Gasteiger partial charge in [-0.25, -0.2) is 9.78 Å². The number of fused-ring (bicyclic) bond motifs is 1. The molecule has 35 heavy (non-hydrogen) atoms. The zero-order valence-corrected chi connectivity index (χ0v) is 20.9. The third kappa shape index (κ3) is 6.31. The lowest BCUT2D eigenvalue weighted by molar-refractivity contribution is -0.128. The number of aromatic nitrogens is 2. The molecular weight excluding hydrogens is 462 g/mol. The van der Waals surface area contributed by atoms with Crippen molar-refractivity contribution < 1.29 is 14.3 Å². The summed E-state index contributed by atoms with van der Waals surface area (Å²) in [6, 6.07) is 14.7. The van der Waals surface area contributed by atoms with Crippen LogP contribution in [0.4, 0.5) is 0 Å². The molecule has 0 bridgehead atoms. The number of hydrogen-bond acceptors (Lipinski definition) is 6. The van der Waals surface area contributed by atoms with Crippen LogP contribution >= 0.6 is 11.8 Å². The first kappa shape index (κ1) is 25.0. The van der Waals surface area contributed by atoms with E-state index in [-0.39, 0.29) is 17.2 Å². The van der Waals surface area contributed by atoms with E-state index in [4.69, 9.17) is 9.72 Å². The highest BCUT2D eigenvalue weighted by Gasteiger charge is 2.19. The number of methoxy groups -OCH3 is 1. The van der Waals surface area contributed by atoms with Crippen molar-refractivity contribution in [1.29, 1.82) is 0 Å². The molecule has 0 aliphatic carbocycles. The van der Waals surface area contributed by atoms with Gasteiger partial charge in [-0.15, -0.1) is 0 Å². The van der Waals surface area contributed by atoms with Gasteiger partial charge in [-0.2, -0.15) is 0 Å². The molecule has 8 heteroatoms. The number of benzene rings is 2. The molecule has 0 atom stereocenters. The molecule has 1 fully saturated rings. The first-order chi connectivity index (χ1) is 17.1. The number of carbonyl (C=O) groups is 2. The van der Waals surface area contributed by atoms with Gasteiger partial charge in [-0.05, 0) is 43.0 Å². The van der Waals surface area contributed by atoms with Crippen LogP contribution in [0.15, 0.2) is 58.5 Å². The molecule has 184 valence electrons. The average molecular weight is 494 g/mol. The lowest BCUT2D eigenvalue weighted by Crippen LogP contribution is -2.35. The number of likely N-dealkylation sites (tertiary alicyclic amines) is 1. The highest BCUT2D eigenvalue weighted by molar-refractivity contribution is 7.99. The van der Waals surface area contributed by atoms with Crippen LogP contribution in [-0.4, -0.2) is 52.3 Å². The molecule has 0 radical (unpaired) electrons. The lowest BCUT2D eigenvalue weighted by Gasteiger charge is -2.24. The second-order valence-corrected chi connectivity index (χ2v) is 9.69. The number of aryl methyl sites for hydroxylation is 1. The van der Waals surface area contributed by atoms with Crippen LogP contribution in [0.3, 0.4) is 0 Å². The smallest absolute Gasteiger partial charge is 0.337 e. The predicted molar refractivity (Wildman–Crippen MR) is 138 cm³/mol. The largest absolute Gasteiger partial charge is 0.465 e. The van der Waals surface area contributed by atoms with Crippen LogP contribution in [-0.2, 0) is 22.5 Å². The average Bonchev–Trinajstić information content (AvgIpc) is 2.86. The molecule has 0 unspecified atom stereocenters. The van der Waals surface area contributed by atoms with Crippen LogP contribution in [0.2, 0.25) is 0 Å². The summed E-state index contributed by atoms with van der Waals surface area (Å²) in [5, 5.41) is 0.922. The number of rotatable bonds is 7. The zero-order chi connectivity index (χ0) is 24.6. The van der Waals surface area contributed by atoms with Crippen molar-refractivity contribution in [2.24, 2.45) is 0 Å². The van der Waals surface area contributed by atoms with E-state index in [0.717, 1.165) is 44.3 Å². The van der Waals surface area contributed by atoms with Gasteiger partial charge in [0.2, 0.25) is 5.91 Å². The highest BCUT2D eigenvalue weighted by atomic mass is 32.2. The Hall–Kier alpha value is -3.13. The van der Waals surface area contributed by atoms with Crippen molar-refractivity contribution in [2.75, 3.05) is 26.0 Å². The fourth-order valence-electron chi connectivity index (χ4n) is 4.35. The van der Waals surface area contributed by atoms with Gasteiger partial charge in [0.15, 0.2) is 5.16 Å². The zero-order valence-electron chi connectivity index (χ0n) is 20.1. The van der Waals surface area contributed by atoms with Gasteiger partial charge < -0.3 is 9.64 Å². The van der Waals surface area contributed by atoms with Gasteiger partial charge in [0, 0.05) is 19.6 Å². The maximum atomic E-state index is 13.4. The molecule has 0 N–H and O–H groups in total. The number of esters is 1. The van der Waals surface area contributed by atoms with Crippen LogP contribution in [0, 0.1) is 0 Å². The Morgan fingerprint density at radius 2 is 1.71 bits per heavy atom. The summed E-state index contributed by atoms with van der Waals surface area (Å²) in [5.74, 6) is -0.187. The molecule has 1 aromatic heterocycles. The monoisotopic (exact) mass is 493 g/mol. The molecule has 1 aliphatic heterocycles. The highest BCUT2D eigenvalue weighted by Crippen LogP contribution is 2.21. The Morgan fingerprint density at radius 1 is 1.00 bits per heavy atom. The maximum absolute atomic E-state index is 13.4. The summed E-state index contributed by atoms with van der Waals surface area (Å²) in [6.45, 7) is 2.02. The fourth-order valence-corrected chi connectivity index (χ4v) is 5.28. The van der Waals surface area contributed by atoms with E-state index in [2.05, 4.69) is 0 Å². The normalized spacial score (nSPS) is 14.4. The number of hydrogen-bond donors (Lipinski definition) is 0. The molecule has 7 nitrogen and oxygen atoms in total. The van der Waals surface area contributed by atoms with Gasteiger partial charge in [-0.1, -0.05) is 61.4 Å². The molecule has 0 spiro atoms. The number of nitrogens with zero attached hydrogens (tertiary/aromatic N) is 3. The van der Waals surface area contributed by atoms with E-state index in [1.165, 1.54) is 25.3 Å². The second kappa shape index (κ2) is 12.0. The van der Waals surface area contributed by atoms with Gasteiger partial charge in [-0.3, -0.25) is 14.2 Å². The van der Waals surface area contributed by atoms with Crippen LogP contribution in [0.5, 0.6) is 0 Å². The van der Waals surface area contributed by atoms with E-state index in [0.29, 0.717) is 34.6 Å². The Balaban J connectivity index is 1.62. The van der Waals surface area contributed by atoms with Crippen LogP contribution in [0.25, 0.3) is 10.9 Å². The van der Waals surface area contributed by atoms with E-state index in [1.807, 2.05) is 35.2 Å². The summed E-state index contributed by atoms with van der Waals surface area (Å²) in [7, 11) is 1.32. The number of amides is 1. The topological polar surface area (TPSA) is 81.5 Å². The Bertz CT molecular complexity index is 1230. The summed E-state index contributed by atoms with van der Waals surface area (Å²) in [5.41, 5.74) is 1.70. The van der Waals surface area contributed by atoms with Crippen molar-refractivity contribution >= 4 is 34.5 Å². The minimum atomic E-state index is -0.483. The number of thioether (sulfide) groups is 1. The summed E-state index contributed by atoms with van der Waals surface area (Å²) in [4.78, 5) is 45.1. The molecule has 2 aromatic carbocycles. The molecule has 0 saturated carbocycles. The van der Waals surface area contributed by atoms with Crippen molar-refractivity contribution in [3.8, 4) is 0 Å². The Labute approximate surface area is 209 Å². The first-order valence-electron chi connectivity index (χ1n) is 12.1. The Morgan fingerprint density at radius 3 is 2.43 bits per heavy atom. The quantitative estimate of drug-likeness (QED) is 0.277. The van der Waals surface area contributed by atoms with E-state index in [9.17, 15) is 14.4 Å². The maximum Gasteiger partial charge on any atom is 0.337 e. The van der Waals surface area contributed by atoms with E-state index in [1.54, 1.807) is 22.8 Å². The van der Waals surface area contributed by atoms with Gasteiger partial charge in [0.05, 0.1) is 29.3 Å². The molecule has 3 aromatic rings. The van der Waals surface area contributed by atoms with Crippen LogP contribution < -0.4 is 5.56 Å². The van der Waals surface area contributed by atoms with E-state index < -0.39 is 5.97 Å². The van der Waals surface area contributed by atoms with Gasteiger partial charge in [0.25, 0.3) is 5.56 Å². The van der Waals surface area contributed by atoms with Crippen molar-refractivity contribution in [1.82, 2.24) is 14.5 Å². The van der Waals surface area contributed by atoms with Gasteiger partial charge >= 0.3 is 5.97 Å². The first-order valence-corrected chi connectivity index (χ1v) is 13.1. The molecule has 4 rings (SSSR count). The molecular formula is C27H31N3O4S. The molecule has 2 heterocycles. The second-order valence-electron chi connectivity index (χ2n) is 8.75. The third-order valence-corrected chi connectivity index (χ3v) is 7.30. The number of carbonyl (C=O) groups excluding carboxylic acids is 2. The molecule has 1 amide bonds. The Kier molecular flexibility index (Phi) is 8.58. The summed E-state index contributed by atoms with van der Waals surface area (Å²) < 4.78 is 6.47. The predicted octanol–water partition coefficient (Wildman–Crippen LogP) is 4.31. The van der Waals surface area contributed by atoms with Crippen LogP contribution in [0.1, 0.15) is 48.0 Å². The SMILES string of the molecule is COC(=O)c1ccc2c(=O)n(CCc3ccccc3)c(SCC(=O)N3CCCCCCC3)nc2c1. The van der Waals surface area contributed by atoms with Gasteiger partial charge in [0.1, 0.15) is 0 Å². The van der Waals surface area contributed by atoms with Crippen molar-refractivity contribution in [3.05, 3.63) is 70.0 Å². The summed E-state index contributed by atoms with van der Waals surface area (Å²) >= 11 is 1.29. The third-order valence-electron chi connectivity index (χ3n) is 6.34. The van der Waals surface area contributed by atoms with Crippen molar-refractivity contribution in [3.63, 3.8) is 0 Å². The fraction of sp³-hybridized carbons (Fsp3) is 0.407. The lowest BCUT2D eigenvalue weighted by atomic mass is 10.1.